The topological polar surface area (TPSA) is 26.3 Å². The first-order chi connectivity index (χ1) is 8.65. The van der Waals surface area contributed by atoms with Crippen molar-refractivity contribution in [3.05, 3.63) is 0 Å². The zero-order valence-electron chi connectivity index (χ0n) is 11.2. The minimum atomic E-state index is -0.243. The van der Waals surface area contributed by atoms with Crippen molar-refractivity contribution >= 4 is 5.78 Å². The molecule has 0 bridgehead atoms. The van der Waals surface area contributed by atoms with Gasteiger partial charge in [-0.1, -0.05) is 6.92 Å². The Morgan fingerprint density at radius 3 is 2.11 bits per heavy atom. The van der Waals surface area contributed by atoms with Crippen LogP contribution < -0.4 is 0 Å². The maximum atomic E-state index is 11.9. The molecule has 0 spiro atoms. The fourth-order valence-electron chi connectivity index (χ4n) is 2.47. The van der Waals surface area contributed by atoms with Gasteiger partial charge in [-0.2, -0.15) is 4.94 Å². The van der Waals surface area contributed by atoms with E-state index >= 15 is 0 Å². The van der Waals surface area contributed by atoms with Crippen LogP contribution in [0.4, 0.5) is 8.92 Å². The zero-order chi connectivity index (χ0) is 13.4. The number of carbonyl (C=O) groups excluding carboxylic acids is 1. The van der Waals surface area contributed by atoms with E-state index in [9.17, 15) is 13.7 Å². The monoisotopic (exact) mass is 262 g/mol. The van der Waals surface area contributed by atoms with E-state index in [1.165, 1.54) is 0 Å². The fraction of sp³-hybridized carbons (Fsp3) is 0.929. The molecule has 0 radical (unpaired) electrons. The van der Waals surface area contributed by atoms with Gasteiger partial charge in [0.2, 0.25) is 0 Å². The number of ketones is 1. The molecule has 0 aliphatic heterocycles. The third-order valence-electron chi connectivity index (χ3n) is 3.97. The molecule has 0 aromatic rings. The van der Waals surface area contributed by atoms with Gasteiger partial charge in [-0.25, -0.2) is 0 Å². The van der Waals surface area contributed by atoms with Crippen LogP contribution in [0.1, 0.15) is 58.3 Å². The van der Waals surface area contributed by atoms with Crippen molar-refractivity contribution < 1.29 is 18.7 Å². The molecule has 2 rings (SSSR count). The van der Waals surface area contributed by atoms with Crippen molar-refractivity contribution in [1.29, 1.82) is 0 Å². The summed E-state index contributed by atoms with van der Waals surface area (Å²) in [4.78, 5) is 14.3. The molecule has 0 aromatic heterocycles. The van der Waals surface area contributed by atoms with E-state index in [4.69, 9.17) is 0 Å². The Morgan fingerprint density at radius 2 is 1.67 bits per heavy atom. The van der Waals surface area contributed by atoms with Crippen LogP contribution in [0.3, 0.4) is 0 Å². The second-order valence-electron chi connectivity index (χ2n) is 5.61. The Labute approximate surface area is 108 Å². The summed E-state index contributed by atoms with van der Waals surface area (Å²) in [6.07, 6.45) is 6.70. The molecule has 2 aliphatic rings. The van der Waals surface area contributed by atoms with E-state index in [1.54, 1.807) is 0 Å². The van der Waals surface area contributed by atoms with Crippen molar-refractivity contribution in [1.82, 2.24) is 0 Å². The van der Waals surface area contributed by atoms with E-state index < -0.39 is 0 Å². The first-order valence-electron chi connectivity index (χ1n) is 7.00. The van der Waals surface area contributed by atoms with Gasteiger partial charge in [0.25, 0.3) is 0 Å². The van der Waals surface area contributed by atoms with Gasteiger partial charge in [0, 0.05) is 12.8 Å². The lowest BCUT2D eigenvalue weighted by atomic mass is 9.89. The molecule has 0 atom stereocenters. The fourth-order valence-corrected chi connectivity index (χ4v) is 2.47. The average molecular weight is 262 g/mol. The Hall–Kier alpha value is -0.510. The molecule has 0 unspecified atom stereocenters. The van der Waals surface area contributed by atoms with Gasteiger partial charge in [0.15, 0.2) is 0 Å². The van der Waals surface area contributed by atoms with Crippen LogP contribution >= 0.6 is 0 Å². The normalized spacial score (nSPS) is 29.6. The van der Waals surface area contributed by atoms with Crippen molar-refractivity contribution in [2.75, 3.05) is 6.67 Å². The highest BCUT2D eigenvalue weighted by atomic mass is 19.3. The van der Waals surface area contributed by atoms with E-state index in [0.717, 1.165) is 44.4 Å². The predicted molar refractivity (Wildman–Crippen MR) is 66.6 cm³/mol. The van der Waals surface area contributed by atoms with Crippen molar-refractivity contribution in [2.24, 2.45) is 11.8 Å². The van der Waals surface area contributed by atoms with E-state index in [0.29, 0.717) is 18.6 Å². The lowest BCUT2D eigenvalue weighted by Crippen LogP contribution is -2.17. The maximum Gasteiger partial charge on any atom is 0.132 e. The van der Waals surface area contributed by atoms with Gasteiger partial charge in [0.1, 0.15) is 5.78 Å². The van der Waals surface area contributed by atoms with Crippen molar-refractivity contribution in [3.63, 3.8) is 0 Å². The van der Waals surface area contributed by atoms with Crippen LogP contribution in [0.15, 0.2) is 0 Å². The molecule has 2 fully saturated rings. The molecule has 2 nitrogen and oxygen atoms in total. The van der Waals surface area contributed by atoms with Gasteiger partial charge in [0.05, 0.1) is 12.8 Å². The average Bonchev–Trinajstić information content (AvgIpc) is 2.41. The molecule has 0 amide bonds. The Kier molecular flexibility index (Phi) is 7.40. The van der Waals surface area contributed by atoms with Crippen LogP contribution in [0, 0.1) is 11.8 Å². The molecule has 0 saturated heterocycles. The summed E-state index contributed by atoms with van der Waals surface area (Å²) in [6.45, 7) is 1.96. The quantitative estimate of drug-likeness (QED) is 0.746. The van der Waals surface area contributed by atoms with Crippen molar-refractivity contribution in [2.45, 2.75) is 64.4 Å². The second kappa shape index (κ2) is 8.57. The third kappa shape index (κ3) is 5.89. The molecule has 18 heavy (non-hydrogen) atoms. The number of hydrogen-bond acceptors (Lipinski definition) is 2. The second-order valence-corrected chi connectivity index (χ2v) is 5.61. The molecule has 2 saturated carbocycles. The first-order valence-corrected chi connectivity index (χ1v) is 7.00. The SMILES string of the molecule is CC1CCC(OF)CC1.O=C1CCC(CF)CC1. The molecule has 0 heterocycles. The summed E-state index contributed by atoms with van der Waals surface area (Å²) in [5.74, 6) is 1.26. The summed E-state index contributed by atoms with van der Waals surface area (Å²) in [5.41, 5.74) is 0. The van der Waals surface area contributed by atoms with Crippen LogP contribution in [-0.4, -0.2) is 18.6 Å². The Morgan fingerprint density at radius 1 is 1.11 bits per heavy atom. The third-order valence-corrected chi connectivity index (χ3v) is 3.97. The van der Waals surface area contributed by atoms with E-state index in [-0.39, 0.29) is 18.7 Å². The van der Waals surface area contributed by atoms with Crippen LogP contribution in [0.25, 0.3) is 0 Å². The van der Waals surface area contributed by atoms with Gasteiger partial charge in [-0.3, -0.25) is 9.18 Å². The number of carbonyl (C=O) groups is 1. The van der Waals surface area contributed by atoms with Crippen molar-refractivity contribution in [3.8, 4) is 0 Å². The van der Waals surface area contributed by atoms with Gasteiger partial charge < -0.3 is 0 Å². The van der Waals surface area contributed by atoms with Crippen LogP contribution in [-0.2, 0) is 9.74 Å². The largest absolute Gasteiger partial charge is 0.300 e. The highest BCUT2D eigenvalue weighted by Gasteiger charge is 2.18. The van der Waals surface area contributed by atoms with Gasteiger partial charge in [-0.15, -0.1) is 0 Å². The first kappa shape index (κ1) is 15.5. The highest BCUT2D eigenvalue weighted by molar-refractivity contribution is 5.78. The molecular formula is C14H24F2O2. The Balaban J connectivity index is 0.000000180. The number of halogens is 2. The summed E-state index contributed by atoms with van der Waals surface area (Å²) < 4.78 is 23.4. The summed E-state index contributed by atoms with van der Waals surface area (Å²) >= 11 is 0. The number of rotatable bonds is 2. The van der Waals surface area contributed by atoms with Gasteiger partial charge >= 0.3 is 0 Å². The highest BCUT2D eigenvalue weighted by Crippen LogP contribution is 2.25. The zero-order valence-corrected chi connectivity index (χ0v) is 11.2. The summed E-state index contributed by atoms with van der Waals surface area (Å²) in [7, 11) is 0. The lowest BCUT2D eigenvalue weighted by molar-refractivity contribution is -0.189. The molecule has 0 aromatic carbocycles. The number of hydrogen-bond donors (Lipinski definition) is 0. The predicted octanol–water partition coefficient (Wildman–Crippen LogP) is 4.18. The molecule has 0 N–H and O–H groups in total. The standard InChI is InChI=1S/C7H13FO.C7H11FO/c1-6-2-4-7(9-8)5-3-6;8-5-6-1-3-7(9)4-2-6/h6-7H,2-5H2,1H3;6H,1-5H2. The van der Waals surface area contributed by atoms with Crippen LogP contribution in [0.5, 0.6) is 0 Å². The molecule has 2 aliphatic carbocycles. The number of alkyl halides is 1. The lowest BCUT2D eigenvalue weighted by Gasteiger charge is -2.22. The maximum absolute atomic E-state index is 11.9. The van der Waals surface area contributed by atoms with Crippen LogP contribution in [0.2, 0.25) is 0 Å². The minimum absolute atomic E-state index is 0.0961. The number of Topliss-reactive ketones (excluding diaryl/α,β-unsaturated/α-hetero) is 1. The molecule has 106 valence electrons. The minimum Gasteiger partial charge on any atom is -0.300 e. The Bertz CT molecular complexity index is 228. The summed E-state index contributed by atoms with van der Waals surface area (Å²) in [5, 5.41) is 0. The van der Waals surface area contributed by atoms with E-state index in [2.05, 4.69) is 11.9 Å². The molecular weight excluding hydrogens is 238 g/mol. The van der Waals surface area contributed by atoms with E-state index in [1.807, 2.05) is 0 Å². The molecule has 4 heteroatoms. The van der Waals surface area contributed by atoms with Gasteiger partial charge in [-0.05, 0) is 54.9 Å². The summed E-state index contributed by atoms with van der Waals surface area (Å²) in [6, 6.07) is 0. The smallest absolute Gasteiger partial charge is 0.132 e.